The van der Waals surface area contributed by atoms with Gasteiger partial charge in [0.15, 0.2) is 5.78 Å². The number of ether oxygens (including phenoxy) is 1. The predicted octanol–water partition coefficient (Wildman–Crippen LogP) is 3.20. The molecule has 2 aromatic rings. The molecule has 0 aliphatic carbocycles. The number of aryl methyl sites for hydroxylation is 2. The van der Waals surface area contributed by atoms with Crippen LogP contribution < -0.4 is 10.2 Å². The van der Waals surface area contributed by atoms with Crippen molar-refractivity contribution in [2.24, 2.45) is 0 Å². The summed E-state index contributed by atoms with van der Waals surface area (Å²) in [5.74, 6) is 0.719. The van der Waals surface area contributed by atoms with Crippen LogP contribution in [0.5, 0.6) is 0 Å². The van der Waals surface area contributed by atoms with Crippen molar-refractivity contribution in [1.82, 2.24) is 4.98 Å². The fourth-order valence-electron chi connectivity index (χ4n) is 2.93. The van der Waals surface area contributed by atoms with E-state index in [-0.39, 0.29) is 24.5 Å². The minimum absolute atomic E-state index is 0.0165. The second-order valence-corrected chi connectivity index (χ2v) is 7.76. The summed E-state index contributed by atoms with van der Waals surface area (Å²) in [7, 11) is 0. The Morgan fingerprint density at radius 1 is 1.23 bits per heavy atom. The summed E-state index contributed by atoms with van der Waals surface area (Å²) in [4.78, 5) is 33.0. The lowest BCUT2D eigenvalue weighted by Crippen LogP contribution is -2.36. The Balaban J connectivity index is 1.50. The van der Waals surface area contributed by atoms with E-state index in [0.717, 1.165) is 34.2 Å². The smallest absolute Gasteiger partial charge is 0.224 e. The lowest BCUT2D eigenvalue weighted by molar-refractivity contribution is -0.116. The third-order valence-electron chi connectivity index (χ3n) is 4.29. The Hall–Kier alpha value is -2.25. The Bertz CT molecular complexity index is 780. The van der Waals surface area contributed by atoms with Gasteiger partial charge in [0.2, 0.25) is 5.91 Å². The van der Waals surface area contributed by atoms with Crippen molar-refractivity contribution in [3.63, 3.8) is 0 Å². The topological polar surface area (TPSA) is 71.5 Å². The first-order valence-electron chi connectivity index (χ1n) is 8.72. The van der Waals surface area contributed by atoms with Crippen LogP contribution in [0.15, 0.2) is 24.4 Å². The van der Waals surface area contributed by atoms with E-state index in [1.165, 1.54) is 0 Å². The Morgan fingerprint density at radius 2 is 2.00 bits per heavy atom. The van der Waals surface area contributed by atoms with Gasteiger partial charge in [-0.05, 0) is 32.0 Å². The van der Waals surface area contributed by atoms with Crippen LogP contribution in [-0.4, -0.2) is 43.0 Å². The van der Waals surface area contributed by atoms with Gasteiger partial charge in [0.05, 0.1) is 25.1 Å². The predicted molar refractivity (Wildman–Crippen MR) is 103 cm³/mol. The number of Topliss-reactive ketones (excluding diaryl/α,β-unsaturated/α-hetero) is 1. The maximum Gasteiger partial charge on any atom is 0.224 e. The largest absolute Gasteiger partial charge is 0.378 e. The molecule has 0 aromatic carbocycles. The summed E-state index contributed by atoms with van der Waals surface area (Å²) < 4.78 is 5.33. The normalized spacial score (nSPS) is 14.3. The van der Waals surface area contributed by atoms with Crippen molar-refractivity contribution in [1.29, 1.82) is 0 Å². The molecule has 2 aromatic heterocycles. The molecule has 0 saturated carbocycles. The Kier molecular flexibility index (Phi) is 6.00. The summed E-state index contributed by atoms with van der Waals surface area (Å²) in [6, 6.07) is 5.63. The molecular formula is C19H23N3O3S. The van der Waals surface area contributed by atoms with Crippen LogP contribution in [0.1, 0.15) is 33.0 Å². The monoisotopic (exact) mass is 373 g/mol. The lowest BCUT2D eigenvalue weighted by Gasteiger charge is -2.27. The molecule has 1 amide bonds. The average Bonchev–Trinajstić information content (AvgIpc) is 2.99. The van der Waals surface area contributed by atoms with Gasteiger partial charge < -0.3 is 15.0 Å². The van der Waals surface area contributed by atoms with Crippen LogP contribution in [0, 0.1) is 13.8 Å². The second kappa shape index (κ2) is 8.42. The highest BCUT2D eigenvalue weighted by Gasteiger charge is 2.15. The van der Waals surface area contributed by atoms with Crippen LogP contribution in [0.4, 0.5) is 11.5 Å². The number of carbonyl (C=O) groups is 2. The van der Waals surface area contributed by atoms with Crippen molar-refractivity contribution >= 4 is 34.5 Å². The molecule has 0 bridgehead atoms. The number of nitrogens with one attached hydrogen (secondary N) is 1. The molecule has 0 radical (unpaired) electrons. The number of hydrogen-bond donors (Lipinski definition) is 1. The quantitative estimate of drug-likeness (QED) is 0.788. The number of nitrogens with zero attached hydrogens (tertiary/aromatic N) is 2. The van der Waals surface area contributed by atoms with E-state index in [2.05, 4.69) is 15.2 Å². The van der Waals surface area contributed by atoms with Gasteiger partial charge in [-0.1, -0.05) is 0 Å². The molecule has 0 spiro atoms. The van der Waals surface area contributed by atoms with E-state index in [9.17, 15) is 9.59 Å². The summed E-state index contributed by atoms with van der Waals surface area (Å²) in [5.41, 5.74) is 1.37. The zero-order chi connectivity index (χ0) is 18.5. The highest BCUT2D eigenvalue weighted by atomic mass is 32.1. The van der Waals surface area contributed by atoms with Crippen LogP contribution in [-0.2, 0) is 9.53 Å². The van der Waals surface area contributed by atoms with E-state index in [4.69, 9.17) is 4.74 Å². The molecule has 0 atom stereocenters. The van der Waals surface area contributed by atoms with Crippen LogP contribution >= 0.6 is 11.3 Å². The molecule has 138 valence electrons. The number of carbonyl (C=O) groups excluding carboxylic acids is 2. The molecule has 1 fully saturated rings. The van der Waals surface area contributed by atoms with E-state index < -0.39 is 0 Å². The Morgan fingerprint density at radius 3 is 2.62 bits per heavy atom. The van der Waals surface area contributed by atoms with Gasteiger partial charge in [-0.25, -0.2) is 4.98 Å². The number of morpholine rings is 1. The molecule has 1 aliphatic rings. The third kappa shape index (κ3) is 4.68. The van der Waals surface area contributed by atoms with E-state index in [1.54, 1.807) is 17.5 Å². The van der Waals surface area contributed by atoms with Crippen molar-refractivity contribution in [2.75, 3.05) is 36.5 Å². The zero-order valence-corrected chi connectivity index (χ0v) is 15.9. The molecule has 1 aliphatic heterocycles. The van der Waals surface area contributed by atoms with Gasteiger partial charge in [0.1, 0.15) is 5.82 Å². The number of thiophene rings is 1. The van der Waals surface area contributed by atoms with Gasteiger partial charge in [-0.2, -0.15) is 0 Å². The molecule has 1 saturated heterocycles. The first-order valence-corrected chi connectivity index (χ1v) is 9.53. The van der Waals surface area contributed by atoms with Gasteiger partial charge in [-0.3, -0.25) is 9.59 Å². The number of ketones is 1. The van der Waals surface area contributed by atoms with Gasteiger partial charge >= 0.3 is 0 Å². The van der Waals surface area contributed by atoms with Gasteiger partial charge in [0, 0.05) is 41.2 Å². The van der Waals surface area contributed by atoms with Crippen molar-refractivity contribution in [3.8, 4) is 0 Å². The lowest BCUT2D eigenvalue weighted by atomic mass is 10.1. The SMILES string of the molecule is Cc1cc(C(=O)CCC(=O)Nc2ccc(N3CCOCC3)nc2)c(C)s1. The van der Waals surface area contributed by atoms with E-state index in [0.29, 0.717) is 18.9 Å². The molecule has 26 heavy (non-hydrogen) atoms. The standard InChI is InChI=1S/C19H23N3O3S/c1-13-11-16(14(2)26-13)17(23)4-6-19(24)21-15-3-5-18(20-12-15)22-7-9-25-10-8-22/h3,5,11-12H,4,6-10H2,1-2H3,(H,21,24). The summed E-state index contributed by atoms with van der Waals surface area (Å²) in [6.07, 6.45) is 2.03. The molecule has 0 unspecified atom stereocenters. The summed E-state index contributed by atoms with van der Waals surface area (Å²) >= 11 is 1.61. The maximum atomic E-state index is 12.3. The van der Waals surface area contributed by atoms with Crippen molar-refractivity contribution in [3.05, 3.63) is 39.7 Å². The first kappa shape index (κ1) is 18.5. The highest BCUT2D eigenvalue weighted by molar-refractivity contribution is 7.12. The maximum absolute atomic E-state index is 12.3. The molecule has 3 rings (SSSR count). The van der Waals surface area contributed by atoms with E-state index >= 15 is 0 Å². The van der Waals surface area contributed by atoms with Crippen LogP contribution in [0.3, 0.4) is 0 Å². The molecule has 6 nitrogen and oxygen atoms in total. The van der Waals surface area contributed by atoms with Crippen molar-refractivity contribution < 1.29 is 14.3 Å². The molecule has 3 heterocycles. The number of amides is 1. The number of hydrogen-bond acceptors (Lipinski definition) is 6. The summed E-state index contributed by atoms with van der Waals surface area (Å²) in [6.45, 7) is 6.97. The first-order chi connectivity index (χ1) is 12.5. The second-order valence-electron chi connectivity index (χ2n) is 6.30. The zero-order valence-electron chi connectivity index (χ0n) is 15.1. The number of anilines is 2. The minimum atomic E-state index is -0.177. The van der Waals surface area contributed by atoms with E-state index in [1.807, 2.05) is 32.0 Å². The minimum Gasteiger partial charge on any atom is -0.378 e. The Labute approximate surface area is 157 Å². The number of pyridine rings is 1. The number of aromatic nitrogens is 1. The molecule has 1 N–H and O–H groups in total. The number of rotatable bonds is 6. The van der Waals surface area contributed by atoms with Crippen LogP contribution in [0.2, 0.25) is 0 Å². The molecule has 7 heteroatoms. The van der Waals surface area contributed by atoms with Gasteiger partial charge in [-0.15, -0.1) is 11.3 Å². The van der Waals surface area contributed by atoms with Crippen LogP contribution in [0.25, 0.3) is 0 Å². The fraction of sp³-hybridized carbons (Fsp3) is 0.421. The highest BCUT2D eigenvalue weighted by Crippen LogP contribution is 2.22. The van der Waals surface area contributed by atoms with Crippen molar-refractivity contribution in [2.45, 2.75) is 26.7 Å². The fourth-order valence-corrected chi connectivity index (χ4v) is 3.87. The summed E-state index contributed by atoms with van der Waals surface area (Å²) in [5, 5.41) is 2.80. The molecular weight excluding hydrogens is 350 g/mol. The third-order valence-corrected chi connectivity index (χ3v) is 5.25. The van der Waals surface area contributed by atoms with Gasteiger partial charge in [0.25, 0.3) is 0 Å². The average molecular weight is 373 g/mol.